The van der Waals surface area contributed by atoms with E-state index in [1.807, 2.05) is 0 Å². The smallest absolute Gasteiger partial charge is 0.360 e. The molecule has 1 aliphatic carbocycles. The van der Waals surface area contributed by atoms with E-state index in [-0.39, 0.29) is 45.7 Å². The lowest BCUT2D eigenvalue weighted by Crippen LogP contribution is -2.25. The molecule has 10 heteroatoms. The number of hydrogen-bond donors (Lipinski definition) is 0. The second-order valence-electron chi connectivity index (χ2n) is 6.67. The van der Waals surface area contributed by atoms with Gasteiger partial charge in [-0.2, -0.15) is 0 Å². The van der Waals surface area contributed by atoms with E-state index in [1.165, 1.54) is 18.4 Å². The number of carbonyl (C=O) groups excluding carboxylic acids is 2. The molecule has 0 aliphatic heterocycles. The van der Waals surface area contributed by atoms with Gasteiger partial charge in [-0.05, 0) is 38.8 Å². The molecule has 1 saturated carbocycles. The third-order valence-corrected chi connectivity index (χ3v) is 6.15. The highest BCUT2D eigenvalue weighted by atomic mass is 35.5. The molecule has 8 nitrogen and oxygen atoms in total. The van der Waals surface area contributed by atoms with Crippen LogP contribution >= 0.6 is 11.6 Å². The van der Waals surface area contributed by atoms with Gasteiger partial charge in [0.05, 0.1) is 23.7 Å². The average molecular weight is 442 g/mol. The lowest BCUT2D eigenvalue weighted by molar-refractivity contribution is 0.0513. The highest BCUT2D eigenvalue weighted by Crippen LogP contribution is 2.53. The fourth-order valence-corrected chi connectivity index (χ4v) is 4.62. The van der Waals surface area contributed by atoms with Gasteiger partial charge in [0.15, 0.2) is 27.1 Å². The first-order chi connectivity index (χ1) is 13.7. The number of sulfone groups is 1. The van der Waals surface area contributed by atoms with Crippen molar-refractivity contribution in [1.82, 2.24) is 5.16 Å². The number of rotatable bonds is 8. The van der Waals surface area contributed by atoms with Gasteiger partial charge in [0.2, 0.25) is 0 Å². The summed E-state index contributed by atoms with van der Waals surface area (Å²) >= 11 is 6.13. The lowest BCUT2D eigenvalue weighted by Gasteiger charge is -2.18. The minimum absolute atomic E-state index is 0.0474. The molecule has 3 rings (SSSR count). The van der Waals surface area contributed by atoms with E-state index in [1.54, 1.807) is 13.8 Å². The van der Waals surface area contributed by atoms with Crippen LogP contribution in [0.25, 0.3) is 0 Å². The van der Waals surface area contributed by atoms with Crippen LogP contribution in [0.15, 0.2) is 27.8 Å². The topological polar surface area (TPSA) is 113 Å². The van der Waals surface area contributed by atoms with Crippen molar-refractivity contribution < 1.29 is 32.0 Å². The summed E-state index contributed by atoms with van der Waals surface area (Å²) in [5, 5.41) is 3.77. The van der Waals surface area contributed by atoms with Gasteiger partial charge in [-0.3, -0.25) is 4.79 Å². The third kappa shape index (κ3) is 3.76. The van der Waals surface area contributed by atoms with Crippen LogP contribution in [-0.4, -0.2) is 44.8 Å². The lowest BCUT2D eigenvalue weighted by atomic mass is 9.87. The Morgan fingerprint density at radius 3 is 2.48 bits per heavy atom. The highest BCUT2D eigenvalue weighted by Gasteiger charge is 2.55. The van der Waals surface area contributed by atoms with Gasteiger partial charge in [0.25, 0.3) is 0 Å². The van der Waals surface area contributed by atoms with Gasteiger partial charge < -0.3 is 14.0 Å². The molecular formula is C19H20ClNO7S. The van der Waals surface area contributed by atoms with E-state index in [0.29, 0.717) is 12.8 Å². The molecule has 2 aromatic rings. The number of ketones is 1. The maximum Gasteiger partial charge on any atom is 0.360 e. The molecule has 0 N–H and O–H groups in total. The summed E-state index contributed by atoms with van der Waals surface area (Å²) in [6.07, 6.45) is 3.04. The molecule has 0 unspecified atom stereocenters. The SMILES string of the molecule is CCOC(=O)c1nocc1C1(C(=O)c2ccc(Cl)c(OCC)c2S(C)(=O)=O)CC1. The minimum atomic E-state index is -3.85. The maximum atomic E-state index is 13.5. The number of ether oxygens (including phenoxy) is 2. The molecule has 1 aromatic carbocycles. The number of nitrogens with zero attached hydrogens (tertiary/aromatic N) is 1. The van der Waals surface area contributed by atoms with E-state index < -0.39 is 27.0 Å². The number of halogens is 1. The van der Waals surface area contributed by atoms with Crippen LogP contribution in [0.3, 0.4) is 0 Å². The molecule has 1 aliphatic rings. The largest absolute Gasteiger partial charge is 0.491 e. The van der Waals surface area contributed by atoms with Crippen molar-refractivity contribution in [2.45, 2.75) is 37.0 Å². The Hall–Kier alpha value is -2.39. The quantitative estimate of drug-likeness (QED) is 0.453. The van der Waals surface area contributed by atoms with Crippen molar-refractivity contribution in [3.63, 3.8) is 0 Å². The Balaban J connectivity index is 2.14. The zero-order valence-electron chi connectivity index (χ0n) is 16.2. The number of carbonyl (C=O) groups is 2. The Bertz CT molecular complexity index is 1070. The Morgan fingerprint density at radius 2 is 1.93 bits per heavy atom. The molecule has 156 valence electrons. The van der Waals surface area contributed by atoms with Crippen LogP contribution in [0.4, 0.5) is 0 Å². The van der Waals surface area contributed by atoms with Crippen LogP contribution in [-0.2, 0) is 20.0 Å². The predicted octanol–water partition coefficient (Wildman–Crippen LogP) is 3.22. The summed E-state index contributed by atoms with van der Waals surface area (Å²) < 4.78 is 40.4. The first-order valence-electron chi connectivity index (χ1n) is 8.99. The van der Waals surface area contributed by atoms with Crippen LogP contribution in [0.1, 0.15) is 53.1 Å². The van der Waals surface area contributed by atoms with Gasteiger partial charge in [0, 0.05) is 17.4 Å². The molecule has 0 saturated heterocycles. The Labute approximate surface area is 173 Å². The van der Waals surface area contributed by atoms with Gasteiger partial charge in [-0.15, -0.1) is 0 Å². The summed E-state index contributed by atoms with van der Waals surface area (Å²) in [5.41, 5.74) is -0.960. The van der Waals surface area contributed by atoms with Crippen molar-refractivity contribution in [3.05, 3.63) is 40.2 Å². The molecule has 0 amide bonds. The van der Waals surface area contributed by atoms with E-state index >= 15 is 0 Å². The first-order valence-corrected chi connectivity index (χ1v) is 11.3. The van der Waals surface area contributed by atoms with Crippen molar-refractivity contribution in [2.75, 3.05) is 19.5 Å². The number of esters is 1. The maximum absolute atomic E-state index is 13.5. The van der Waals surface area contributed by atoms with Gasteiger partial charge in [-0.1, -0.05) is 16.8 Å². The number of hydrogen-bond acceptors (Lipinski definition) is 8. The molecule has 0 spiro atoms. The summed E-state index contributed by atoms with van der Waals surface area (Å²) in [6.45, 7) is 3.64. The normalized spacial score (nSPS) is 15.0. The number of Topliss-reactive ketones (excluding diaryl/α,β-unsaturated/α-hetero) is 1. The molecule has 29 heavy (non-hydrogen) atoms. The fourth-order valence-electron chi connectivity index (χ4n) is 3.29. The molecule has 0 atom stereocenters. The summed E-state index contributed by atoms with van der Waals surface area (Å²) in [5.74, 6) is -1.23. The van der Waals surface area contributed by atoms with Gasteiger partial charge >= 0.3 is 5.97 Å². The Kier molecular flexibility index (Phi) is 5.73. The summed E-state index contributed by atoms with van der Waals surface area (Å²) in [7, 11) is -3.85. The molecule has 0 bridgehead atoms. The second-order valence-corrected chi connectivity index (χ2v) is 9.03. The van der Waals surface area contributed by atoms with Crippen LogP contribution in [0, 0.1) is 0 Å². The zero-order valence-corrected chi connectivity index (χ0v) is 17.7. The monoisotopic (exact) mass is 441 g/mol. The van der Waals surface area contributed by atoms with Gasteiger partial charge in [0.1, 0.15) is 11.2 Å². The predicted molar refractivity (Wildman–Crippen MR) is 103 cm³/mol. The van der Waals surface area contributed by atoms with E-state index in [4.69, 9.17) is 25.6 Å². The molecule has 1 heterocycles. The van der Waals surface area contributed by atoms with Crippen molar-refractivity contribution in [3.8, 4) is 5.75 Å². The highest BCUT2D eigenvalue weighted by molar-refractivity contribution is 7.91. The Morgan fingerprint density at radius 1 is 1.24 bits per heavy atom. The second kappa shape index (κ2) is 7.79. The standard InChI is InChI=1S/C19H20ClNO7S/c1-4-26-15-13(20)7-6-11(16(15)29(3,24)25)17(22)19(8-9-19)12-10-28-21-14(12)18(23)27-5-2/h6-7,10H,4-5,8-9H2,1-3H3. The van der Waals surface area contributed by atoms with Crippen molar-refractivity contribution >= 4 is 33.2 Å². The van der Waals surface area contributed by atoms with Crippen LogP contribution in [0.2, 0.25) is 5.02 Å². The van der Waals surface area contributed by atoms with E-state index in [2.05, 4.69) is 5.16 Å². The summed E-state index contributed by atoms with van der Waals surface area (Å²) in [6, 6.07) is 2.78. The van der Waals surface area contributed by atoms with Gasteiger partial charge in [-0.25, -0.2) is 13.2 Å². The van der Waals surface area contributed by atoms with Crippen LogP contribution in [0.5, 0.6) is 5.75 Å². The molecule has 1 aromatic heterocycles. The van der Waals surface area contributed by atoms with Crippen molar-refractivity contribution in [2.24, 2.45) is 0 Å². The number of aromatic nitrogens is 1. The number of benzene rings is 1. The average Bonchev–Trinajstić information content (AvgIpc) is 3.31. The molecule has 1 fully saturated rings. The van der Waals surface area contributed by atoms with Crippen molar-refractivity contribution in [1.29, 1.82) is 0 Å². The summed E-state index contributed by atoms with van der Waals surface area (Å²) in [4.78, 5) is 25.4. The van der Waals surface area contributed by atoms with E-state index in [9.17, 15) is 18.0 Å². The third-order valence-electron chi connectivity index (χ3n) is 4.71. The van der Waals surface area contributed by atoms with E-state index in [0.717, 1.165) is 6.26 Å². The molecule has 0 radical (unpaired) electrons. The first kappa shape index (κ1) is 21.3. The van der Waals surface area contributed by atoms with Crippen LogP contribution < -0.4 is 4.74 Å². The molecular weight excluding hydrogens is 422 g/mol. The zero-order chi connectivity index (χ0) is 21.4. The minimum Gasteiger partial charge on any atom is -0.491 e. The fraction of sp³-hybridized carbons (Fsp3) is 0.421.